The molecule has 0 aromatic heterocycles. The van der Waals surface area contributed by atoms with Crippen molar-refractivity contribution in [1.82, 2.24) is 4.90 Å². The molecule has 130 valence electrons. The molecule has 6 heteroatoms. The number of hydrogen-bond acceptors (Lipinski definition) is 4. The largest absolute Gasteiger partial charge is 0.493 e. The highest BCUT2D eigenvalue weighted by Crippen LogP contribution is 2.25. The summed E-state index contributed by atoms with van der Waals surface area (Å²) in [6.45, 7) is 3.66. The predicted molar refractivity (Wildman–Crippen MR) is 104 cm³/mol. The van der Waals surface area contributed by atoms with Crippen LogP contribution in [0, 0.1) is 0 Å². The lowest BCUT2D eigenvalue weighted by atomic mass is 10.2. The van der Waals surface area contributed by atoms with E-state index in [9.17, 15) is 4.79 Å². The van der Waals surface area contributed by atoms with Gasteiger partial charge in [-0.05, 0) is 36.8 Å². The lowest BCUT2D eigenvalue weighted by molar-refractivity contribution is 0.0856. The van der Waals surface area contributed by atoms with Crippen molar-refractivity contribution < 1.29 is 9.53 Å². The van der Waals surface area contributed by atoms with Crippen LogP contribution < -0.4 is 4.74 Å². The smallest absolute Gasteiger partial charge is 0.263 e. The Bertz CT molecular complexity index is 777. The highest BCUT2D eigenvalue weighted by Gasteiger charge is 2.27. The lowest BCUT2D eigenvalue weighted by Crippen LogP contribution is -2.33. The number of carbonyl (C=O) groups is 1. The first-order valence-electron chi connectivity index (χ1n) is 8.14. The minimum absolute atomic E-state index is 0.0658. The molecule has 1 heterocycles. The van der Waals surface area contributed by atoms with Gasteiger partial charge in [0, 0.05) is 17.3 Å². The van der Waals surface area contributed by atoms with Crippen molar-refractivity contribution in [2.45, 2.75) is 12.7 Å². The van der Waals surface area contributed by atoms with Crippen LogP contribution >= 0.6 is 23.4 Å². The summed E-state index contributed by atoms with van der Waals surface area (Å²) in [5, 5.41) is 1.47. The molecule has 25 heavy (non-hydrogen) atoms. The number of halogens is 1. The van der Waals surface area contributed by atoms with E-state index in [4.69, 9.17) is 16.3 Å². The molecule has 3 rings (SSSR count). The third kappa shape index (κ3) is 4.35. The van der Waals surface area contributed by atoms with E-state index in [0.29, 0.717) is 31.0 Å². The zero-order chi connectivity index (χ0) is 17.6. The van der Waals surface area contributed by atoms with E-state index in [1.807, 2.05) is 49.4 Å². The van der Waals surface area contributed by atoms with Crippen molar-refractivity contribution in [3.63, 3.8) is 0 Å². The summed E-state index contributed by atoms with van der Waals surface area (Å²) in [6, 6.07) is 15.1. The van der Waals surface area contributed by atoms with Crippen molar-refractivity contribution in [3.8, 4) is 5.75 Å². The molecule has 1 aliphatic rings. The number of nitrogens with zero attached hydrogens (tertiary/aromatic N) is 2. The van der Waals surface area contributed by atoms with E-state index in [-0.39, 0.29) is 5.91 Å². The SMILES string of the molecule is CCOc1ccccc1C(=O)N1CCN=C1SCc1ccc(Cl)cc1. The molecule has 0 N–H and O–H groups in total. The van der Waals surface area contributed by atoms with E-state index >= 15 is 0 Å². The Kier molecular flexibility index (Phi) is 6.00. The van der Waals surface area contributed by atoms with E-state index in [1.54, 1.807) is 22.7 Å². The fourth-order valence-electron chi connectivity index (χ4n) is 2.54. The van der Waals surface area contributed by atoms with Gasteiger partial charge in [-0.15, -0.1) is 0 Å². The number of carbonyl (C=O) groups excluding carboxylic acids is 1. The van der Waals surface area contributed by atoms with Crippen molar-refractivity contribution in [3.05, 3.63) is 64.7 Å². The normalized spacial score (nSPS) is 13.7. The third-order valence-corrected chi connectivity index (χ3v) is 5.08. The summed E-state index contributed by atoms with van der Waals surface area (Å²) in [4.78, 5) is 19.2. The van der Waals surface area contributed by atoms with Gasteiger partial charge < -0.3 is 4.74 Å². The van der Waals surface area contributed by atoms with Gasteiger partial charge in [-0.25, -0.2) is 0 Å². The maximum atomic E-state index is 12.9. The van der Waals surface area contributed by atoms with Crippen LogP contribution in [0.25, 0.3) is 0 Å². The van der Waals surface area contributed by atoms with E-state index in [2.05, 4.69) is 4.99 Å². The Hall–Kier alpha value is -1.98. The van der Waals surface area contributed by atoms with Gasteiger partial charge in [0.1, 0.15) is 5.75 Å². The minimum atomic E-state index is -0.0658. The van der Waals surface area contributed by atoms with Crippen LogP contribution in [-0.2, 0) is 5.75 Å². The summed E-state index contributed by atoms with van der Waals surface area (Å²) in [6.07, 6.45) is 0. The first-order chi connectivity index (χ1) is 12.2. The van der Waals surface area contributed by atoms with Gasteiger partial charge in [0.25, 0.3) is 5.91 Å². The number of hydrogen-bond donors (Lipinski definition) is 0. The second kappa shape index (κ2) is 8.41. The summed E-state index contributed by atoms with van der Waals surface area (Å²) >= 11 is 7.48. The number of rotatable bonds is 5. The molecule has 0 bridgehead atoms. The molecule has 2 aromatic rings. The van der Waals surface area contributed by atoms with Crippen molar-refractivity contribution >= 4 is 34.4 Å². The molecule has 2 aromatic carbocycles. The molecule has 1 amide bonds. The Morgan fingerprint density at radius 3 is 2.76 bits per heavy atom. The number of amides is 1. The Labute approximate surface area is 156 Å². The topological polar surface area (TPSA) is 41.9 Å². The molecule has 0 aliphatic carbocycles. The van der Waals surface area contributed by atoms with Gasteiger partial charge in [-0.3, -0.25) is 14.7 Å². The number of thioether (sulfide) groups is 1. The molecule has 0 saturated carbocycles. The van der Waals surface area contributed by atoms with Crippen LogP contribution in [0.5, 0.6) is 5.75 Å². The van der Waals surface area contributed by atoms with Gasteiger partial charge in [0.2, 0.25) is 0 Å². The van der Waals surface area contributed by atoms with Crippen molar-refractivity contribution in [1.29, 1.82) is 0 Å². The maximum Gasteiger partial charge on any atom is 0.263 e. The second-order valence-electron chi connectivity index (χ2n) is 5.47. The first kappa shape index (κ1) is 17.8. The highest BCUT2D eigenvalue weighted by atomic mass is 35.5. The van der Waals surface area contributed by atoms with Gasteiger partial charge in [0.05, 0.1) is 18.7 Å². The van der Waals surface area contributed by atoms with Crippen LogP contribution in [0.1, 0.15) is 22.8 Å². The summed E-state index contributed by atoms with van der Waals surface area (Å²) < 4.78 is 5.59. The van der Waals surface area contributed by atoms with Crippen molar-refractivity contribution in [2.24, 2.45) is 4.99 Å². The van der Waals surface area contributed by atoms with Crippen LogP contribution in [-0.4, -0.2) is 35.7 Å². The number of aliphatic imine (C=N–C) groups is 1. The molecular weight excluding hydrogens is 356 g/mol. The summed E-state index contributed by atoms with van der Waals surface area (Å²) in [7, 11) is 0. The fraction of sp³-hybridized carbons (Fsp3) is 0.263. The van der Waals surface area contributed by atoms with E-state index < -0.39 is 0 Å². The lowest BCUT2D eigenvalue weighted by Gasteiger charge is -2.19. The highest BCUT2D eigenvalue weighted by molar-refractivity contribution is 8.13. The van der Waals surface area contributed by atoms with Gasteiger partial charge in [-0.2, -0.15) is 0 Å². The molecule has 0 atom stereocenters. The first-order valence-corrected chi connectivity index (χ1v) is 9.50. The van der Waals surface area contributed by atoms with E-state index in [0.717, 1.165) is 21.5 Å². The average molecular weight is 375 g/mol. The minimum Gasteiger partial charge on any atom is -0.493 e. The molecular formula is C19H19ClN2O2S. The quantitative estimate of drug-likeness (QED) is 0.774. The number of benzene rings is 2. The Balaban J connectivity index is 1.70. The van der Waals surface area contributed by atoms with Gasteiger partial charge in [0.15, 0.2) is 5.17 Å². The number of ether oxygens (including phenoxy) is 1. The third-order valence-electron chi connectivity index (χ3n) is 3.75. The summed E-state index contributed by atoms with van der Waals surface area (Å²) in [5.74, 6) is 1.29. The van der Waals surface area contributed by atoms with Crippen LogP contribution in [0.2, 0.25) is 5.02 Å². The molecule has 0 unspecified atom stereocenters. The van der Waals surface area contributed by atoms with Crippen LogP contribution in [0.3, 0.4) is 0 Å². The maximum absolute atomic E-state index is 12.9. The fourth-order valence-corrected chi connectivity index (χ4v) is 3.66. The molecule has 0 saturated heterocycles. The Morgan fingerprint density at radius 2 is 2.00 bits per heavy atom. The van der Waals surface area contributed by atoms with Crippen molar-refractivity contribution in [2.75, 3.05) is 19.7 Å². The second-order valence-corrected chi connectivity index (χ2v) is 6.84. The molecule has 4 nitrogen and oxygen atoms in total. The zero-order valence-corrected chi connectivity index (χ0v) is 15.5. The molecule has 0 spiro atoms. The zero-order valence-electron chi connectivity index (χ0n) is 13.9. The van der Waals surface area contributed by atoms with E-state index in [1.165, 1.54) is 0 Å². The predicted octanol–water partition coefficient (Wildman–Crippen LogP) is 4.48. The molecule has 1 aliphatic heterocycles. The number of amidine groups is 1. The monoisotopic (exact) mass is 374 g/mol. The Morgan fingerprint density at radius 1 is 1.24 bits per heavy atom. The standard InChI is InChI=1S/C19H19ClN2O2S/c1-2-24-17-6-4-3-5-16(17)18(23)22-12-11-21-19(22)25-13-14-7-9-15(20)10-8-14/h3-10H,2,11-13H2,1H3. The number of para-hydroxylation sites is 1. The average Bonchev–Trinajstić information content (AvgIpc) is 3.10. The summed E-state index contributed by atoms with van der Waals surface area (Å²) in [5.41, 5.74) is 1.72. The molecule has 0 radical (unpaired) electrons. The van der Waals surface area contributed by atoms with Gasteiger partial charge in [-0.1, -0.05) is 47.6 Å². The van der Waals surface area contributed by atoms with Crippen LogP contribution in [0.4, 0.5) is 0 Å². The van der Waals surface area contributed by atoms with Gasteiger partial charge >= 0.3 is 0 Å². The molecule has 0 fully saturated rings. The van der Waals surface area contributed by atoms with Crippen LogP contribution in [0.15, 0.2) is 53.5 Å².